The van der Waals surface area contributed by atoms with Crippen molar-refractivity contribution in [1.82, 2.24) is 15.0 Å². The van der Waals surface area contributed by atoms with Crippen molar-refractivity contribution in [1.29, 1.82) is 0 Å². The molecule has 4 rings (SSSR count). The van der Waals surface area contributed by atoms with Gasteiger partial charge in [0.05, 0.1) is 5.56 Å². The Morgan fingerprint density at radius 2 is 1.67 bits per heavy atom. The summed E-state index contributed by atoms with van der Waals surface area (Å²) in [4.78, 5) is 18.8. The number of hydrogen-bond acceptors (Lipinski definition) is 6. The van der Waals surface area contributed by atoms with E-state index in [4.69, 9.17) is 14.0 Å². The van der Waals surface area contributed by atoms with Crippen molar-refractivity contribution in [3.05, 3.63) is 60.5 Å². The van der Waals surface area contributed by atoms with Crippen LogP contribution in [0.4, 0.5) is 0 Å². The van der Waals surface area contributed by atoms with Gasteiger partial charge in [0.15, 0.2) is 13.2 Å². The van der Waals surface area contributed by atoms with Crippen LogP contribution in [0.15, 0.2) is 59.1 Å². The molecule has 1 aliphatic heterocycles. The number of amides is 1. The Labute approximate surface area is 175 Å². The van der Waals surface area contributed by atoms with E-state index < -0.39 is 0 Å². The molecule has 1 amide bonds. The third-order valence-corrected chi connectivity index (χ3v) is 5.01. The van der Waals surface area contributed by atoms with E-state index in [1.54, 1.807) is 0 Å². The number of hydrogen-bond donors (Lipinski definition) is 0. The third kappa shape index (κ3) is 5.17. The Balaban J connectivity index is 1.39. The molecule has 0 atom stereocenters. The molecule has 2 aromatic carbocycles. The summed E-state index contributed by atoms with van der Waals surface area (Å²) in [5.74, 6) is 2.06. The predicted molar refractivity (Wildman–Crippen MR) is 111 cm³/mol. The molecule has 156 valence electrons. The van der Waals surface area contributed by atoms with E-state index in [0.29, 0.717) is 23.0 Å². The maximum atomic E-state index is 12.5. The van der Waals surface area contributed by atoms with Crippen molar-refractivity contribution in [2.24, 2.45) is 0 Å². The monoisotopic (exact) mass is 407 g/mol. The molecule has 1 aliphatic rings. The highest BCUT2D eigenvalue weighted by atomic mass is 16.5. The van der Waals surface area contributed by atoms with Gasteiger partial charge in [0.2, 0.25) is 5.82 Å². The predicted octanol–water partition coefficient (Wildman–Crippen LogP) is 4.10. The molecule has 0 spiro atoms. The van der Waals surface area contributed by atoms with E-state index in [9.17, 15) is 4.79 Å². The molecule has 0 bridgehead atoms. The molecule has 1 saturated heterocycles. The Hall–Kier alpha value is -3.35. The van der Waals surface area contributed by atoms with Crippen LogP contribution in [0.1, 0.15) is 31.6 Å². The van der Waals surface area contributed by atoms with Gasteiger partial charge < -0.3 is 18.9 Å². The number of carbonyl (C=O) groups is 1. The number of rotatable bonds is 7. The molecule has 1 fully saturated rings. The second kappa shape index (κ2) is 9.91. The molecule has 2 heterocycles. The summed E-state index contributed by atoms with van der Waals surface area (Å²) < 4.78 is 16.8. The van der Waals surface area contributed by atoms with Gasteiger partial charge in [0.25, 0.3) is 11.8 Å². The Morgan fingerprint density at radius 1 is 0.933 bits per heavy atom. The van der Waals surface area contributed by atoms with Crippen molar-refractivity contribution < 1.29 is 18.8 Å². The van der Waals surface area contributed by atoms with E-state index in [1.165, 1.54) is 12.8 Å². The maximum Gasteiger partial charge on any atom is 0.264 e. The normalized spacial score (nSPS) is 14.2. The number of nitrogens with zero attached hydrogens (tertiary/aromatic N) is 3. The zero-order valence-corrected chi connectivity index (χ0v) is 16.8. The molecule has 7 nitrogen and oxygen atoms in total. The molecular formula is C23H25N3O4. The molecule has 0 N–H and O–H groups in total. The van der Waals surface area contributed by atoms with Gasteiger partial charge >= 0.3 is 0 Å². The Morgan fingerprint density at radius 3 is 2.47 bits per heavy atom. The third-order valence-electron chi connectivity index (χ3n) is 5.01. The van der Waals surface area contributed by atoms with Crippen LogP contribution >= 0.6 is 0 Å². The SMILES string of the molecule is O=C(COc1ccccc1-c1noc(COc2ccccc2)n1)N1CCCCCC1. The van der Waals surface area contributed by atoms with Crippen LogP contribution < -0.4 is 9.47 Å². The van der Waals surface area contributed by atoms with Gasteiger partial charge in [-0.2, -0.15) is 4.98 Å². The van der Waals surface area contributed by atoms with Crippen molar-refractivity contribution in [2.45, 2.75) is 32.3 Å². The fraction of sp³-hybridized carbons (Fsp3) is 0.348. The summed E-state index contributed by atoms with van der Waals surface area (Å²) in [6, 6.07) is 16.8. The number of para-hydroxylation sites is 2. The lowest BCUT2D eigenvalue weighted by Gasteiger charge is -2.20. The topological polar surface area (TPSA) is 77.7 Å². The first-order chi connectivity index (χ1) is 14.8. The van der Waals surface area contributed by atoms with E-state index in [2.05, 4.69) is 10.1 Å². The highest BCUT2D eigenvalue weighted by Crippen LogP contribution is 2.28. The minimum absolute atomic E-state index is 0.00115. The maximum absolute atomic E-state index is 12.5. The first kappa shape index (κ1) is 19.9. The molecule has 30 heavy (non-hydrogen) atoms. The van der Waals surface area contributed by atoms with Gasteiger partial charge in [-0.1, -0.05) is 48.3 Å². The van der Waals surface area contributed by atoms with Crippen molar-refractivity contribution in [2.75, 3.05) is 19.7 Å². The standard InChI is InChI=1S/C23H25N3O4/c27-22(26-14-8-1-2-9-15-26)17-29-20-13-7-6-12-19(20)23-24-21(30-25-23)16-28-18-10-4-3-5-11-18/h3-7,10-13H,1-2,8-9,14-17H2. The van der Waals surface area contributed by atoms with E-state index in [1.807, 2.05) is 59.5 Å². The van der Waals surface area contributed by atoms with E-state index >= 15 is 0 Å². The summed E-state index contributed by atoms with van der Waals surface area (Å²) in [6.07, 6.45) is 4.47. The summed E-state index contributed by atoms with van der Waals surface area (Å²) in [5.41, 5.74) is 0.677. The van der Waals surface area contributed by atoms with E-state index in [-0.39, 0.29) is 19.1 Å². The average molecular weight is 407 g/mol. The smallest absolute Gasteiger partial charge is 0.264 e. The van der Waals surface area contributed by atoms with Gasteiger partial charge in [0.1, 0.15) is 11.5 Å². The lowest BCUT2D eigenvalue weighted by Crippen LogP contribution is -2.35. The molecule has 0 unspecified atom stereocenters. The van der Waals surface area contributed by atoms with Crippen molar-refractivity contribution in [3.63, 3.8) is 0 Å². The zero-order chi connectivity index (χ0) is 20.6. The molecular weight excluding hydrogens is 382 g/mol. The second-order valence-electron chi connectivity index (χ2n) is 7.19. The van der Waals surface area contributed by atoms with Crippen LogP contribution in [0.25, 0.3) is 11.4 Å². The number of likely N-dealkylation sites (tertiary alicyclic amines) is 1. The fourth-order valence-corrected chi connectivity index (χ4v) is 3.41. The molecule has 1 aromatic heterocycles. The first-order valence-electron chi connectivity index (χ1n) is 10.3. The molecule has 3 aromatic rings. The van der Waals surface area contributed by atoms with E-state index in [0.717, 1.165) is 31.7 Å². The highest BCUT2D eigenvalue weighted by Gasteiger charge is 2.18. The number of ether oxygens (including phenoxy) is 2. The molecule has 0 radical (unpaired) electrons. The quantitative estimate of drug-likeness (QED) is 0.587. The zero-order valence-electron chi connectivity index (χ0n) is 16.8. The summed E-state index contributed by atoms with van der Waals surface area (Å²) >= 11 is 0. The minimum atomic E-state index is -0.00115. The van der Waals surface area contributed by atoms with Crippen LogP contribution in [-0.4, -0.2) is 40.6 Å². The largest absolute Gasteiger partial charge is 0.484 e. The van der Waals surface area contributed by atoms with Crippen LogP contribution in [0.2, 0.25) is 0 Å². The highest BCUT2D eigenvalue weighted by molar-refractivity contribution is 5.78. The summed E-state index contributed by atoms with van der Waals surface area (Å²) in [5, 5.41) is 4.05. The van der Waals surface area contributed by atoms with Gasteiger partial charge in [-0.3, -0.25) is 4.79 Å². The van der Waals surface area contributed by atoms with Crippen LogP contribution in [0.5, 0.6) is 11.5 Å². The average Bonchev–Trinajstić information content (AvgIpc) is 3.09. The Bertz CT molecular complexity index is 950. The first-order valence-corrected chi connectivity index (χ1v) is 10.3. The van der Waals surface area contributed by atoms with Gasteiger partial charge in [0, 0.05) is 13.1 Å². The van der Waals surface area contributed by atoms with Gasteiger partial charge in [-0.15, -0.1) is 0 Å². The van der Waals surface area contributed by atoms with Crippen LogP contribution in [-0.2, 0) is 11.4 Å². The summed E-state index contributed by atoms with van der Waals surface area (Å²) in [7, 11) is 0. The fourth-order valence-electron chi connectivity index (χ4n) is 3.41. The molecule has 7 heteroatoms. The van der Waals surface area contributed by atoms with Crippen LogP contribution in [0, 0.1) is 0 Å². The molecule has 0 saturated carbocycles. The van der Waals surface area contributed by atoms with Gasteiger partial charge in [-0.05, 0) is 37.1 Å². The number of benzene rings is 2. The Kier molecular flexibility index (Phi) is 6.59. The van der Waals surface area contributed by atoms with Gasteiger partial charge in [-0.25, -0.2) is 0 Å². The summed E-state index contributed by atoms with van der Waals surface area (Å²) in [6.45, 7) is 1.78. The lowest BCUT2D eigenvalue weighted by atomic mass is 10.2. The van der Waals surface area contributed by atoms with Crippen molar-refractivity contribution in [3.8, 4) is 22.9 Å². The van der Waals surface area contributed by atoms with Crippen molar-refractivity contribution >= 4 is 5.91 Å². The second-order valence-corrected chi connectivity index (χ2v) is 7.19. The number of aromatic nitrogens is 2. The van der Waals surface area contributed by atoms with Crippen LogP contribution in [0.3, 0.4) is 0 Å². The molecule has 0 aliphatic carbocycles. The minimum Gasteiger partial charge on any atom is -0.484 e. The lowest BCUT2D eigenvalue weighted by molar-refractivity contribution is -0.133. The number of carbonyl (C=O) groups excluding carboxylic acids is 1.